The van der Waals surface area contributed by atoms with Gasteiger partial charge in [0.1, 0.15) is 13.2 Å². The molecule has 1 aromatic rings. The standard InChI is InChI=1S/C21H27N3O6.HI/c1-13-17(20(25)29-6)19(15-8-7-9-16(12-15)23(27)28)18(14(2)22-13)21(26)30-11-10-24(3,4)5;/h7-9,12,19H,10-11H2,1-6H3;1H/t19-;/m0./s1. The lowest BCUT2D eigenvalue weighted by molar-refractivity contribution is -0.870. The number of likely N-dealkylation sites (N-methyl/N-ethyl adjacent to an activating group) is 1. The van der Waals surface area contributed by atoms with Crippen LogP contribution in [-0.4, -0.2) is 62.7 Å². The third-order valence-electron chi connectivity index (χ3n) is 4.80. The van der Waals surface area contributed by atoms with E-state index in [0.29, 0.717) is 28.0 Å². The molecule has 0 unspecified atom stereocenters. The lowest BCUT2D eigenvalue weighted by Gasteiger charge is -2.30. The Bertz CT molecular complexity index is 933. The number of carbonyl (C=O) groups is 2. The number of allylic oxidation sites excluding steroid dienone is 2. The van der Waals surface area contributed by atoms with Gasteiger partial charge in [-0.15, -0.1) is 0 Å². The van der Waals surface area contributed by atoms with E-state index in [4.69, 9.17) is 9.47 Å². The Kier molecular flexibility index (Phi) is 9.18. The summed E-state index contributed by atoms with van der Waals surface area (Å²) in [6, 6.07) is 5.88. The van der Waals surface area contributed by atoms with Crippen molar-refractivity contribution in [3.63, 3.8) is 0 Å². The Morgan fingerprint density at radius 2 is 1.71 bits per heavy atom. The summed E-state index contributed by atoms with van der Waals surface area (Å²) in [5.41, 5.74) is 1.77. The molecule has 2 rings (SSSR count). The second-order valence-electron chi connectivity index (χ2n) is 8.13. The zero-order valence-electron chi connectivity index (χ0n) is 18.5. The minimum absolute atomic E-state index is 0. The molecule has 0 spiro atoms. The molecule has 1 heterocycles. The SMILES string of the molecule is COC(=O)C1=C(C)NC(C)=C(C(=O)OCC[N+](C)(C)C)[C@H]1c1cccc([N+](=O)[O-])c1.[I-]. The van der Waals surface area contributed by atoms with Crippen molar-refractivity contribution in [2.75, 3.05) is 41.4 Å². The molecule has 1 N–H and O–H groups in total. The summed E-state index contributed by atoms with van der Waals surface area (Å²) in [7, 11) is 7.19. The average molecular weight is 545 g/mol. The number of nitrogens with zero attached hydrogens (tertiary/aromatic N) is 2. The van der Waals surface area contributed by atoms with E-state index in [2.05, 4.69) is 5.32 Å². The molecule has 1 atom stereocenters. The molecule has 0 aliphatic carbocycles. The van der Waals surface area contributed by atoms with Crippen LogP contribution in [0.3, 0.4) is 0 Å². The number of ether oxygens (including phenoxy) is 2. The number of methoxy groups -OCH3 is 1. The number of halogens is 1. The molecule has 170 valence electrons. The van der Waals surface area contributed by atoms with E-state index in [9.17, 15) is 19.7 Å². The number of hydrogen-bond donors (Lipinski definition) is 1. The fourth-order valence-corrected chi connectivity index (χ4v) is 3.29. The van der Waals surface area contributed by atoms with E-state index in [1.54, 1.807) is 19.9 Å². The Balaban J connectivity index is 0.00000480. The predicted octanol–water partition coefficient (Wildman–Crippen LogP) is -0.744. The van der Waals surface area contributed by atoms with Crippen molar-refractivity contribution in [3.05, 3.63) is 62.5 Å². The summed E-state index contributed by atoms with van der Waals surface area (Å²) in [5, 5.41) is 14.3. The Morgan fingerprint density at radius 3 is 2.23 bits per heavy atom. The molecule has 9 nitrogen and oxygen atoms in total. The van der Waals surface area contributed by atoms with Gasteiger partial charge in [-0.3, -0.25) is 10.1 Å². The Labute approximate surface area is 198 Å². The first-order valence-electron chi connectivity index (χ1n) is 9.45. The maximum atomic E-state index is 13.0. The van der Waals surface area contributed by atoms with Gasteiger partial charge in [-0.25, -0.2) is 9.59 Å². The van der Waals surface area contributed by atoms with E-state index < -0.39 is 22.8 Å². The van der Waals surface area contributed by atoms with Crippen molar-refractivity contribution in [1.29, 1.82) is 0 Å². The number of non-ortho nitro benzene ring substituents is 1. The number of nitrogens with one attached hydrogen (secondary N) is 1. The average Bonchev–Trinajstić information content (AvgIpc) is 2.65. The van der Waals surface area contributed by atoms with Crippen LogP contribution < -0.4 is 29.3 Å². The molecule has 0 fully saturated rings. The number of rotatable bonds is 7. The zero-order valence-corrected chi connectivity index (χ0v) is 20.7. The van der Waals surface area contributed by atoms with Gasteiger partial charge in [-0.1, -0.05) is 12.1 Å². The molecule has 1 aromatic carbocycles. The van der Waals surface area contributed by atoms with Crippen molar-refractivity contribution in [2.24, 2.45) is 0 Å². The maximum absolute atomic E-state index is 13.0. The van der Waals surface area contributed by atoms with Gasteiger partial charge in [0.25, 0.3) is 5.69 Å². The quantitative estimate of drug-likeness (QED) is 0.158. The topological polar surface area (TPSA) is 108 Å². The van der Waals surface area contributed by atoms with Crippen LogP contribution in [0.4, 0.5) is 5.69 Å². The van der Waals surface area contributed by atoms with E-state index in [-0.39, 0.29) is 47.4 Å². The lowest BCUT2D eigenvalue weighted by Crippen LogP contribution is -3.00. The van der Waals surface area contributed by atoms with Gasteiger partial charge < -0.3 is 43.3 Å². The Hall–Kier alpha value is -2.47. The third-order valence-corrected chi connectivity index (χ3v) is 4.80. The number of esters is 2. The highest BCUT2D eigenvalue weighted by Crippen LogP contribution is 2.40. The minimum Gasteiger partial charge on any atom is -1.00 e. The first-order valence-corrected chi connectivity index (χ1v) is 9.45. The molecular weight excluding hydrogens is 517 g/mol. The van der Waals surface area contributed by atoms with Gasteiger partial charge in [-0.05, 0) is 19.4 Å². The van der Waals surface area contributed by atoms with Crippen molar-refractivity contribution in [2.45, 2.75) is 19.8 Å². The molecular formula is C21H28IN3O6. The second kappa shape index (κ2) is 10.7. The van der Waals surface area contributed by atoms with E-state index in [1.807, 2.05) is 21.1 Å². The fourth-order valence-electron chi connectivity index (χ4n) is 3.29. The largest absolute Gasteiger partial charge is 1.00 e. The van der Waals surface area contributed by atoms with Gasteiger partial charge in [-0.2, -0.15) is 0 Å². The number of carbonyl (C=O) groups excluding carboxylic acids is 2. The summed E-state index contributed by atoms with van der Waals surface area (Å²) in [6.45, 7) is 4.19. The highest BCUT2D eigenvalue weighted by molar-refractivity contribution is 5.99. The molecule has 1 aliphatic heterocycles. The zero-order chi connectivity index (χ0) is 22.6. The van der Waals surface area contributed by atoms with Crippen molar-refractivity contribution >= 4 is 17.6 Å². The molecule has 0 radical (unpaired) electrons. The monoisotopic (exact) mass is 545 g/mol. The molecule has 0 saturated heterocycles. The first kappa shape index (κ1) is 26.6. The van der Waals surface area contributed by atoms with Crippen molar-refractivity contribution in [1.82, 2.24) is 5.32 Å². The summed E-state index contributed by atoms with van der Waals surface area (Å²) < 4.78 is 11.0. The van der Waals surface area contributed by atoms with Crippen LogP contribution in [-0.2, 0) is 19.1 Å². The molecule has 0 bridgehead atoms. The van der Waals surface area contributed by atoms with Crippen LogP contribution in [0.5, 0.6) is 0 Å². The van der Waals surface area contributed by atoms with Crippen molar-refractivity contribution in [3.8, 4) is 0 Å². The summed E-state index contributed by atoms with van der Waals surface area (Å²) in [6.07, 6.45) is 0. The summed E-state index contributed by atoms with van der Waals surface area (Å²) in [5.74, 6) is -2.06. The Morgan fingerprint density at radius 1 is 1.13 bits per heavy atom. The van der Waals surface area contributed by atoms with Gasteiger partial charge in [0.2, 0.25) is 0 Å². The highest BCUT2D eigenvalue weighted by Gasteiger charge is 2.38. The van der Waals surface area contributed by atoms with Crippen molar-refractivity contribution < 1.29 is 52.4 Å². The molecule has 31 heavy (non-hydrogen) atoms. The molecule has 1 aliphatic rings. The van der Waals surface area contributed by atoms with E-state index in [1.165, 1.54) is 25.3 Å². The van der Waals surface area contributed by atoms with Crippen LogP contribution in [0, 0.1) is 10.1 Å². The van der Waals surface area contributed by atoms with Crippen LogP contribution in [0.15, 0.2) is 46.8 Å². The number of dihydropyridines is 1. The predicted molar refractivity (Wildman–Crippen MR) is 110 cm³/mol. The summed E-state index contributed by atoms with van der Waals surface area (Å²) >= 11 is 0. The van der Waals surface area contributed by atoms with Crippen LogP contribution in [0.2, 0.25) is 0 Å². The lowest BCUT2D eigenvalue weighted by atomic mass is 9.80. The van der Waals surface area contributed by atoms with Gasteiger partial charge in [0, 0.05) is 23.5 Å². The number of benzene rings is 1. The van der Waals surface area contributed by atoms with Crippen LogP contribution >= 0.6 is 0 Å². The summed E-state index contributed by atoms with van der Waals surface area (Å²) in [4.78, 5) is 36.3. The normalized spacial score (nSPS) is 16.3. The first-order chi connectivity index (χ1) is 14.0. The van der Waals surface area contributed by atoms with E-state index >= 15 is 0 Å². The van der Waals surface area contributed by atoms with Gasteiger partial charge in [0.15, 0.2) is 0 Å². The van der Waals surface area contributed by atoms with Crippen LogP contribution in [0.1, 0.15) is 25.3 Å². The van der Waals surface area contributed by atoms with E-state index in [0.717, 1.165) is 0 Å². The molecule has 0 aromatic heterocycles. The minimum atomic E-state index is -0.852. The second-order valence-corrected chi connectivity index (χ2v) is 8.13. The van der Waals surface area contributed by atoms with Gasteiger partial charge in [0.05, 0.1) is 50.2 Å². The number of nitro groups is 1. The number of quaternary nitrogens is 1. The molecule has 0 saturated carbocycles. The van der Waals surface area contributed by atoms with Gasteiger partial charge >= 0.3 is 11.9 Å². The van der Waals surface area contributed by atoms with Crippen LogP contribution in [0.25, 0.3) is 0 Å². The number of hydrogen-bond acceptors (Lipinski definition) is 7. The molecule has 10 heteroatoms. The fraction of sp³-hybridized carbons (Fsp3) is 0.429. The smallest absolute Gasteiger partial charge is 0.336 e. The third kappa shape index (κ3) is 6.50. The number of nitro benzene ring substituents is 1. The maximum Gasteiger partial charge on any atom is 0.336 e. The molecule has 0 amide bonds. The highest BCUT2D eigenvalue weighted by atomic mass is 127.